The van der Waals surface area contributed by atoms with E-state index in [1.165, 1.54) is 0 Å². The van der Waals surface area contributed by atoms with Gasteiger partial charge in [0.25, 0.3) is 0 Å². The van der Waals surface area contributed by atoms with Crippen molar-refractivity contribution < 1.29 is 23.1 Å². The minimum atomic E-state index is -3.59. The van der Waals surface area contributed by atoms with Crippen LogP contribution in [0.1, 0.15) is 19.0 Å². The van der Waals surface area contributed by atoms with Gasteiger partial charge in [0.2, 0.25) is 10.0 Å². The van der Waals surface area contributed by atoms with Gasteiger partial charge in [-0.05, 0) is 25.5 Å². The summed E-state index contributed by atoms with van der Waals surface area (Å²) in [4.78, 5) is 15.4. The Morgan fingerprint density at radius 3 is 2.86 bits per heavy atom. The Bertz CT molecular complexity index is 605. The van der Waals surface area contributed by atoms with Crippen molar-refractivity contribution in [2.24, 2.45) is 5.92 Å². The van der Waals surface area contributed by atoms with Crippen LogP contribution in [0.5, 0.6) is 0 Å². The van der Waals surface area contributed by atoms with E-state index in [2.05, 4.69) is 9.71 Å². The molecule has 1 aliphatic heterocycles. The predicted molar refractivity (Wildman–Crippen MR) is 79.8 cm³/mol. The number of nitrogens with zero attached hydrogens (tertiary/aromatic N) is 1. The molecule has 22 heavy (non-hydrogen) atoms. The molecule has 1 fully saturated rings. The van der Waals surface area contributed by atoms with Gasteiger partial charge < -0.3 is 9.84 Å². The second kappa shape index (κ2) is 7.17. The smallest absolute Gasteiger partial charge is 0.308 e. The van der Waals surface area contributed by atoms with Gasteiger partial charge in [0.15, 0.2) is 0 Å². The number of aliphatic carboxylic acids is 1. The molecule has 0 spiro atoms. The lowest BCUT2D eigenvalue weighted by Gasteiger charge is -2.18. The predicted octanol–water partition coefficient (Wildman–Crippen LogP) is 0.422. The Balaban J connectivity index is 1.98. The fourth-order valence-electron chi connectivity index (χ4n) is 2.46. The van der Waals surface area contributed by atoms with E-state index in [4.69, 9.17) is 4.74 Å². The van der Waals surface area contributed by atoms with Gasteiger partial charge >= 0.3 is 5.97 Å². The molecule has 0 aliphatic carbocycles. The summed E-state index contributed by atoms with van der Waals surface area (Å²) in [6.45, 7) is 1.96. The number of hydrogen-bond donors (Lipinski definition) is 2. The van der Waals surface area contributed by atoms with E-state index in [9.17, 15) is 18.3 Å². The van der Waals surface area contributed by atoms with Crippen molar-refractivity contribution in [3.05, 3.63) is 30.1 Å². The van der Waals surface area contributed by atoms with E-state index < -0.39 is 27.2 Å². The van der Waals surface area contributed by atoms with Gasteiger partial charge in [-0.3, -0.25) is 9.78 Å². The molecule has 1 aliphatic rings. The van der Waals surface area contributed by atoms with E-state index in [0.717, 1.165) is 0 Å². The van der Waals surface area contributed by atoms with Gasteiger partial charge in [-0.1, -0.05) is 6.07 Å². The van der Waals surface area contributed by atoms with Crippen LogP contribution in [0, 0.1) is 5.92 Å². The summed E-state index contributed by atoms with van der Waals surface area (Å²) in [7, 11) is -3.59. The van der Waals surface area contributed by atoms with Crippen LogP contribution in [0.2, 0.25) is 0 Å². The van der Waals surface area contributed by atoms with Crippen LogP contribution in [0.3, 0.4) is 0 Å². The average Bonchev–Trinajstić information content (AvgIpc) is 2.91. The van der Waals surface area contributed by atoms with Crippen molar-refractivity contribution >= 4 is 16.0 Å². The summed E-state index contributed by atoms with van der Waals surface area (Å²) in [5.74, 6) is -1.91. The molecule has 3 atom stereocenters. The minimum Gasteiger partial charge on any atom is -0.481 e. The molecule has 0 bridgehead atoms. The van der Waals surface area contributed by atoms with Crippen LogP contribution in [0.4, 0.5) is 0 Å². The summed E-state index contributed by atoms with van der Waals surface area (Å²) in [6.07, 6.45) is 1.80. The zero-order valence-electron chi connectivity index (χ0n) is 12.3. The van der Waals surface area contributed by atoms with Crippen LogP contribution in [0.15, 0.2) is 24.4 Å². The molecule has 1 saturated heterocycles. The summed E-state index contributed by atoms with van der Waals surface area (Å²) in [5, 5.41) is 8.63. The molecule has 0 radical (unpaired) electrons. The first-order valence-electron chi connectivity index (χ1n) is 7.13. The van der Waals surface area contributed by atoms with Crippen LogP contribution in [-0.4, -0.2) is 49.0 Å². The molecule has 2 heterocycles. The summed E-state index contributed by atoms with van der Waals surface area (Å²) < 4.78 is 32.1. The van der Waals surface area contributed by atoms with Gasteiger partial charge in [0, 0.05) is 31.5 Å². The number of carbonyl (C=O) groups is 1. The first-order chi connectivity index (χ1) is 10.4. The highest BCUT2D eigenvalue weighted by Crippen LogP contribution is 2.20. The lowest BCUT2D eigenvalue weighted by molar-refractivity contribution is -0.141. The van der Waals surface area contributed by atoms with Crippen LogP contribution in [-0.2, 0) is 26.0 Å². The highest BCUT2D eigenvalue weighted by Gasteiger charge is 2.36. The van der Waals surface area contributed by atoms with Gasteiger partial charge in [-0.2, -0.15) is 0 Å². The molecular formula is C14H20N2O5S. The molecule has 0 amide bonds. The van der Waals surface area contributed by atoms with E-state index in [0.29, 0.717) is 18.7 Å². The molecular weight excluding hydrogens is 308 g/mol. The highest BCUT2D eigenvalue weighted by molar-refractivity contribution is 7.90. The molecule has 1 aromatic heterocycles. The average molecular weight is 328 g/mol. The van der Waals surface area contributed by atoms with Gasteiger partial charge in [0.1, 0.15) is 5.25 Å². The van der Waals surface area contributed by atoms with Crippen molar-refractivity contribution in [2.45, 2.75) is 31.1 Å². The van der Waals surface area contributed by atoms with Crippen molar-refractivity contribution in [3.63, 3.8) is 0 Å². The largest absolute Gasteiger partial charge is 0.481 e. The number of rotatable bonds is 7. The standard InChI is InChI=1S/C14H20N2O5S/c1-10-13(5-7-21-10)22(19,20)16-9-11(14(17)18)8-12-4-2-3-6-15-12/h2-4,6,10-11,13,16H,5,7-9H2,1H3,(H,17,18). The number of carboxylic acids is 1. The maximum atomic E-state index is 12.2. The Hall–Kier alpha value is -1.51. The maximum absolute atomic E-state index is 12.2. The first-order valence-corrected chi connectivity index (χ1v) is 8.67. The topological polar surface area (TPSA) is 106 Å². The van der Waals surface area contributed by atoms with Crippen LogP contribution < -0.4 is 4.72 Å². The van der Waals surface area contributed by atoms with Crippen molar-refractivity contribution in [3.8, 4) is 0 Å². The number of aromatic nitrogens is 1. The molecule has 3 unspecified atom stereocenters. The van der Waals surface area contributed by atoms with Gasteiger partial charge in [-0.15, -0.1) is 0 Å². The van der Waals surface area contributed by atoms with Crippen LogP contribution >= 0.6 is 0 Å². The summed E-state index contributed by atoms with van der Waals surface area (Å²) >= 11 is 0. The molecule has 2 rings (SSSR count). The molecule has 122 valence electrons. The molecule has 8 heteroatoms. The fraction of sp³-hybridized carbons (Fsp3) is 0.571. The number of sulfonamides is 1. The van der Waals surface area contributed by atoms with E-state index in [-0.39, 0.29) is 19.1 Å². The Morgan fingerprint density at radius 2 is 2.32 bits per heavy atom. The minimum absolute atomic E-state index is 0.155. The molecule has 2 N–H and O–H groups in total. The Kier molecular flexibility index (Phi) is 5.49. The third kappa shape index (κ3) is 4.25. The zero-order valence-corrected chi connectivity index (χ0v) is 13.1. The molecule has 7 nitrogen and oxygen atoms in total. The normalized spacial score (nSPS) is 23.3. The Morgan fingerprint density at radius 1 is 1.55 bits per heavy atom. The third-order valence-electron chi connectivity index (χ3n) is 3.77. The van der Waals surface area contributed by atoms with Crippen molar-refractivity contribution in [2.75, 3.05) is 13.2 Å². The maximum Gasteiger partial charge on any atom is 0.308 e. The monoisotopic (exact) mass is 328 g/mol. The number of ether oxygens (including phenoxy) is 1. The van der Waals surface area contributed by atoms with E-state index >= 15 is 0 Å². The molecule has 0 aromatic carbocycles. The fourth-order valence-corrected chi connectivity index (χ4v) is 4.10. The lowest BCUT2D eigenvalue weighted by atomic mass is 10.0. The number of carboxylic acid groups (broad SMARTS) is 1. The van der Waals surface area contributed by atoms with Crippen molar-refractivity contribution in [1.82, 2.24) is 9.71 Å². The Labute approximate surface area is 129 Å². The zero-order chi connectivity index (χ0) is 16.2. The highest BCUT2D eigenvalue weighted by atomic mass is 32.2. The van der Waals surface area contributed by atoms with Gasteiger partial charge in [-0.25, -0.2) is 13.1 Å². The lowest BCUT2D eigenvalue weighted by Crippen LogP contribution is -2.42. The summed E-state index contributed by atoms with van der Waals surface area (Å²) in [5.41, 5.74) is 0.617. The van der Waals surface area contributed by atoms with Gasteiger partial charge in [0.05, 0.1) is 12.0 Å². The number of pyridine rings is 1. The second-order valence-corrected chi connectivity index (χ2v) is 7.34. The van der Waals surface area contributed by atoms with Crippen LogP contribution in [0.25, 0.3) is 0 Å². The van der Waals surface area contributed by atoms with E-state index in [1.54, 1.807) is 31.3 Å². The second-order valence-electron chi connectivity index (χ2n) is 5.36. The SMILES string of the molecule is CC1OCCC1S(=O)(=O)NCC(Cc1ccccn1)C(=O)O. The number of hydrogen-bond acceptors (Lipinski definition) is 5. The molecule has 1 aromatic rings. The van der Waals surface area contributed by atoms with Crippen molar-refractivity contribution in [1.29, 1.82) is 0 Å². The summed E-state index contributed by atoms with van der Waals surface area (Å²) in [6, 6.07) is 5.23. The third-order valence-corrected chi connectivity index (χ3v) is 5.75. The van der Waals surface area contributed by atoms with E-state index in [1.807, 2.05) is 0 Å². The quantitative estimate of drug-likeness (QED) is 0.751. The first kappa shape index (κ1) is 16.9. The number of nitrogens with one attached hydrogen (secondary N) is 1. The molecule has 0 saturated carbocycles.